The molecule has 1 aromatic heterocycles. The third-order valence-electron chi connectivity index (χ3n) is 5.34. The molecule has 5 aromatic rings. The molecule has 5 rings (SSSR count). The van der Waals surface area contributed by atoms with Crippen molar-refractivity contribution < 1.29 is 0 Å². The van der Waals surface area contributed by atoms with E-state index in [1.54, 1.807) is 11.3 Å². The van der Waals surface area contributed by atoms with Gasteiger partial charge in [0.15, 0.2) is 0 Å². The average Bonchev–Trinajstić information content (AvgIpc) is 2.84. The second-order valence-electron chi connectivity index (χ2n) is 7.17. The molecule has 0 saturated carbocycles. The van der Waals surface area contributed by atoms with Gasteiger partial charge in [-0.2, -0.15) is 0 Å². The number of benzene rings is 4. The molecule has 0 bridgehead atoms. The Kier molecular flexibility index (Phi) is 5.65. The van der Waals surface area contributed by atoms with Gasteiger partial charge in [0.1, 0.15) is 8.49 Å². The zero-order chi connectivity index (χ0) is 21.1. The van der Waals surface area contributed by atoms with E-state index in [0.717, 1.165) is 14.2 Å². The number of nitrogens with zero attached hydrogens (tertiary/aromatic N) is 1. The fraction of sp³-hybridized carbons (Fsp3) is 0. The third-order valence-corrected chi connectivity index (χ3v) is 11.4. The van der Waals surface area contributed by atoms with Gasteiger partial charge in [-0.05, 0) is 34.9 Å². The van der Waals surface area contributed by atoms with Crippen LogP contribution in [0.5, 0.6) is 0 Å². The zero-order valence-electron chi connectivity index (χ0n) is 16.8. The summed E-state index contributed by atoms with van der Waals surface area (Å²) in [4.78, 5) is 6.23. The van der Waals surface area contributed by atoms with E-state index in [4.69, 9.17) is 17.2 Å². The lowest BCUT2D eigenvalue weighted by Crippen LogP contribution is -2.28. The van der Waals surface area contributed by atoms with Crippen molar-refractivity contribution in [1.82, 2.24) is 0 Å². The first-order valence-electron chi connectivity index (χ1n) is 10.1. The SMILES string of the molecule is S=c1sc(=Nc2ccccc2)c1=P(c1ccccc1)(c1ccccc1)c1ccccc1. The van der Waals surface area contributed by atoms with Crippen LogP contribution in [0.2, 0.25) is 0 Å². The van der Waals surface area contributed by atoms with Crippen molar-refractivity contribution in [2.45, 2.75) is 0 Å². The maximum absolute atomic E-state index is 5.92. The fourth-order valence-corrected chi connectivity index (χ4v) is 10.6. The number of para-hydroxylation sites is 1. The average molecular weight is 454 g/mol. The molecule has 1 nitrogen and oxygen atoms in total. The Balaban J connectivity index is 2.04. The number of hydrogen-bond donors (Lipinski definition) is 0. The molecule has 0 radical (unpaired) electrons. The van der Waals surface area contributed by atoms with Gasteiger partial charge < -0.3 is 0 Å². The molecule has 0 fully saturated rings. The summed E-state index contributed by atoms with van der Waals surface area (Å²) in [6.45, 7) is -2.18. The van der Waals surface area contributed by atoms with Gasteiger partial charge in [-0.25, -0.2) is 4.99 Å². The summed E-state index contributed by atoms with van der Waals surface area (Å²) in [7, 11) is 0. The van der Waals surface area contributed by atoms with Crippen molar-refractivity contribution in [3.8, 4) is 0 Å². The van der Waals surface area contributed by atoms with Crippen molar-refractivity contribution in [2.24, 2.45) is 4.99 Å². The third kappa shape index (κ3) is 3.59. The van der Waals surface area contributed by atoms with E-state index in [2.05, 4.69) is 91.0 Å². The van der Waals surface area contributed by atoms with Crippen LogP contribution in [0, 0.1) is 8.76 Å². The van der Waals surface area contributed by atoms with E-state index in [9.17, 15) is 0 Å². The second-order valence-corrected chi connectivity index (χ2v) is 12.2. The Labute approximate surface area is 191 Å². The summed E-state index contributed by atoms with van der Waals surface area (Å²) < 4.78 is 1.97. The number of hydrogen-bond acceptors (Lipinski definition) is 3. The smallest absolute Gasteiger partial charge is 0.128 e. The van der Waals surface area contributed by atoms with Crippen LogP contribution in [-0.4, -0.2) is 0 Å². The van der Waals surface area contributed by atoms with Crippen molar-refractivity contribution >= 4 is 52.0 Å². The molecule has 150 valence electrons. The predicted molar refractivity (Wildman–Crippen MR) is 138 cm³/mol. The van der Waals surface area contributed by atoms with Crippen LogP contribution in [0.4, 0.5) is 5.69 Å². The molecular weight excluding hydrogens is 433 g/mol. The molecule has 0 aliphatic rings. The molecular formula is C27H20NPS2. The minimum Gasteiger partial charge on any atom is -0.237 e. The molecule has 4 aromatic carbocycles. The summed E-state index contributed by atoms with van der Waals surface area (Å²) >= 11 is 7.53. The Hall–Kier alpha value is -2.84. The molecule has 0 aliphatic heterocycles. The Morgan fingerprint density at radius 1 is 0.548 bits per heavy atom. The predicted octanol–water partition coefficient (Wildman–Crippen LogP) is 6.11. The lowest BCUT2D eigenvalue weighted by Gasteiger charge is -2.29. The Morgan fingerprint density at radius 3 is 1.32 bits per heavy atom. The van der Waals surface area contributed by atoms with Crippen LogP contribution < -0.4 is 20.6 Å². The van der Waals surface area contributed by atoms with E-state index >= 15 is 0 Å². The quantitative estimate of drug-likeness (QED) is 0.236. The summed E-state index contributed by atoms with van der Waals surface area (Å²) in [6.07, 6.45) is 0. The Morgan fingerprint density at radius 2 is 0.935 bits per heavy atom. The van der Waals surface area contributed by atoms with Crippen molar-refractivity contribution in [1.29, 1.82) is 0 Å². The van der Waals surface area contributed by atoms with Crippen molar-refractivity contribution in [3.63, 3.8) is 0 Å². The van der Waals surface area contributed by atoms with E-state index in [1.807, 2.05) is 30.3 Å². The minimum atomic E-state index is -2.18. The summed E-state index contributed by atoms with van der Waals surface area (Å²) in [5.74, 6) is 0. The summed E-state index contributed by atoms with van der Waals surface area (Å²) in [6, 6.07) is 42.6. The standard InChI is InChI=1S/C27H20NPS2/c30-27-25(26(31-27)28-21-13-5-1-6-14-21)29(22-15-7-2-8-16-22,23-17-9-3-10-18-23)24-19-11-4-12-20-24/h1-20H. The highest BCUT2D eigenvalue weighted by atomic mass is 32.1. The lowest BCUT2D eigenvalue weighted by atomic mass is 10.3. The molecule has 0 N–H and O–H groups in total. The van der Waals surface area contributed by atoms with Gasteiger partial charge in [-0.3, -0.25) is 0 Å². The van der Waals surface area contributed by atoms with E-state index in [1.165, 1.54) is 20.9 Å². The van der Waals surface area contributed by atoms with Crippen LogP contribution in [0.1, 0.15) is 0 Å². The van der Waals surface area contributed by atoms with Gasteiger partial charge in [0.25, 0.3) is 0 Å². The molecule has 0 aliphatic carbocycles. The zero-order valence-corrected chi connectivity index (χ0v) is 19.3. The number of rotatable bonds is 4. The van der Waals surface area contributed by atoms with E-state index < -0.39 is 6.89 Å². The van der Waals surface area contributed by atoms with Gasteiger partial charge in [0.2, 0.25) is 0 Å². The highest BCUT2D eigenvalue weighted by Crippen LogP contribution is 2.48. The highest BCUT2D eigenvalue weighted by Gasteiger charge is 2.28. The molecule has 4 heteroatoms. The first kappa shape index (κ1) is 20.1. The molecule has 0 atom stereocenters. The van der Waals surface area contributed by atoms with Crippen LogP contribution in [0.25, 0.3) is 0 Å². The summed E-state index contributed by atoms with van der Waals surface area (Å²) in [5.41, 5.74) is 0.956. The lowest BCUT2D eigenvalue weighted by molar-refractivity contribution is 1.38. The maximum atomic E-state index is 5.92. The topological polar surface area (TPSA) is 12.4 Å². The minimum absolute atomic E-state index is 0.944. The highest BCUT2D eigenvalue weighted by molar-refractivity contribution is 7.89. The molecule has 0 amide bonds. The maximum Gasteiger partial charge on any atom is 0.128 e. The van der Waals surface area contributed by atoms with Gasteiger partial charge in [0, 0.05) is 4.94 Å². The molecule has 31 heavy (non-hydrogen) atoms. The van der Waals surface area contributed by atoms with Crippen LogP contribution >= 0.6 is 30.4 Å². The largest absolute Gasteiger partial charge is 0.237 e. The Bertz CT molecular complexity index is 1380. The monoisotopic (exact) mass is 453 g/mol. The molecule has 0 spiro atoms. The van der Waals surface area contributed by atoms with Crippen molar-refractivity contribution in [3.05, 3.63) is 135 Å². The van der Waals surface area contributed by atoms with Gasteiger partial charge in [-0.1, -0.05) is 121 Å². The first-order chi connectivity index (χ1) is 15.3. The normalized spacial score (nSPS) is 12.2. The second kappa shape index (κ2) is 8.72. The van der Waals surface area contributed by atoms with Crippen LogP contribution in [0.15, 0.2) is 126 Å². The molecule has 0 unspecified atom stereocenters. The molecule has 0 saturated heterocycles. The molecule has 1 heterocycles. The van der Waals surface area contributed by atoms with E-state index in [0.29, 0.717) is 0 Å². The first-order valence-corrected chi connectivity index (χ1v) is 13.1. The van der Waals surface area contributed by atoms with Gasteiger partial charge in [0.05, 0.1) is 5.69 Å². The fourth-order valence-electron chi connectivity index (χ4n) is 3.99. The van der Waals surface area contributed by atoms with Crippen LogP contribution in [-0.2, 0) is 0 Å². The summed E-state index contributed by atoms with van der Waals surface area (Å²) in [5, 5.41) is 3.89. The van der Waals surface area contributed by atoms with Gasteiger partial charge in [-0.15, -0.1) is 11.3 Å². The van der Waals surface area contributed by atoms with E-state index in [-0.39, 0.29) is 0 Å². The van der Waals surface area contributed by atoms with Gasteiger partial charge >= 0.3 is 0 Å². The van der Waals surface area contributed by atoms with Crippen molar-refractivity contribution in [2.75, 3.05) is 0 Å². The van der Waals surface area contributed by atoms with Crippen LogP contribution in [0.3, 0.4) is 0 Å².